The molecule has 0 aliphatic heterocycles. The lowest BCUT2D eigenvalue weighted by Crippen LogP contribution is -2.01. The van der Waals surface area contributed by atoms with Gasteiger partial charge in [0.2, 0.25) is 0 Å². The molecule has 90 valence electrons. The zero-order chi connectivity index (χ0) is 12.0. The van der Waals surface area contributed by atoms with Crippen molar-refractivity contribution < 1.29 is 4.74 Å². The van der Waals surface area contributed by atoms with Gasteiger partial charge in [0.25, 0.3) is 0 Å². The first-order valence-electron chi connectivity index (χ1n) is 5.23. The SMILES string of the molecule is CCCCOCCc1cnc(Cl)c(Cl)c1Cl. The maximum atomic E-state index is 6.03. The first-order valence-corrected chi connectivity index (χ1v) is 6.36. The summed E-state index contributed by atoms with van der Waals surface area (Å²) < 4.78 is 5.44. The van der Waals surface area contributed by atoms with Gasteiger partial charge in [-0.15, -0.1) is 0 Å². The Labute approximate surface area is 111 Å². The highest BCUT2D eigenvalue weighted by atomic mass is 35.5. The number of halogens is 3. The van der Waals surface area contributed by atoms with Crippen molar-refractivity contribution in [3.63, 3.8) is 0 Å². The van der Waals surface area contributed by atoms with Gasteiger partial charge in [-0.2, -0.15) is 0 Å². The van der Waals surface area contributed by atoms with Crippen LogP contribution in [0.3, 0.4) is 0 Å². The predicted octanol–water partition coefficient (Wildman–Crippen LogP) is 4.40. The normalized spacial score (nSPS) is 10.8. The van der Waals surface area contributed by atoms with Crippen molar-refractivity contribution in [2.75, 3.05) is 13.2 Å². The Bertz CT molecular complexity index is 344. The molecule has 0 N–H and O–H groups in total. The fourth-order valence-electron chi connectivity index (χ4n) is 1.18. The molecule has 0 saturated carbocycles. The minimum Gasteiger partial charge on any atom is -0.381 e. The van der Waals surface area contributed by atoms with Crippen LogP contribution < -0.4 is 0 Å². The Morgan fingerprint density at radius 1 is 1.19 bits per heavy atom. The first kappa shape index (κ1) is 14.0. The third-order valence-corrected chi connectivity index (χ3v) is 3.43. The van der Waals surface area contributed by atoms with Gasteiger partial charge in [0.15, 0.2) is 0 Å². The molecular formula is C11H14Cl3NO. The third kappa shape index (κ3) is 4.10. The molecule has 0 spiro atoms. The zero-order valence-electron chi connectivity index (χ0n) is 9.10. The van der Waals surface area contributed by atoms with Crippen LogP contribution in [0.15, 0.2) is 6.20 Å². The van der Waals surface area contributed by atoms with Gasteiger partial charge in [-0.3, -0.25) is 0 Å². The van der Waals surface area contributed by atoms with E-state index < -0.39 is 0 Å². The van der Waals surface area contributed by atoms with Gasteiger partial charge in [0, 0.05) is 12.8 Å². The van der Waals surface area contributed by atoms with Crippen molar-refractivity contribution in [3.8, 4) is 0 Å². The second kappa shape index (κ2) is 7.33. The van der Waals surface area contributed by atoms with E-state index in [0.717, 1.165) is 25.0 Å². The monoisotopic (exact) mass is 281 g/mol. The predicted molar refractivity (Wildman–Crippen MR) is 68.7 cm³/mol. The molecule has 1 aromatic rings. The molecule has 2 nitrogen and oxygen atoms in total. The summed E-state index contributed by atoms with van der Waals surface area (Å²) in [6.07, 6.45) is 4.55. The number of hydrogen-bond acceptors (Lipinski definition) is 2. The van der Waals surface area contributed by atoms with Crippen LogP contribution in [0.4, 0.5) is 0 Å². The highest BCUT2D eigenvalue weighted by Gasteiger charge is 2.09. The summed E-state index contributed by atoms with van der Waals surface area (Å²) in [4.78, 5) is 3.95. The van der Waals surface area contributed by atoms with Crippen LogP contribution in [0.2, 0.25) is 15.2 Å². The molecule has 16 heavy (non-hydrogen) atoms. The summed E-state index contributed by atoms with van der Waals surface area (Å²) in [5.74, 6) is 0. The van der Waals surface area contributed by atoms with E-state index in [1.807, 2.05) is 0 Å². The second-order valence-electron chi connectivity index (χ2n) is 3.42. The highest BCUT2D eigenvalue weighted by Crippen LogP contribution is 2.30. The van der Waals surface area contributed by atoms with E-state index in [2.05, 4.69) is 11.9 Å². The fourth-order valence-corrected chi connectivity index (χ4v) is 1.78. The standard InChI is InChI=1S/C11H14Cl3NO/c1-2-3-5-16-6-4-8-7-15-11(14)10(13)9(8)12/h7H,2-6H2,1H3. The third-order valence-electron chi connectivity index (χ3n) is 2.15. The molecule has 1 aromatic heterocycles. The topological polar surface area (TPSA) is 22.1 Å². The van der Waals surface area contributed by atoms with Crippen molar-refractivity contribution >= 4 is 34.8 Å². The van der Waals surface area contributed by atoms with Gasteiger partial charge in [0.05, 0.1) is 16.7 Å². The summed E-state index contributed by atoms with van der Waals surface area (Å²) in [6.45, 7) is 3.53. The number of aromatic nitrogens is 1. The van der Waals surface area contributed by atoms with Crippen LogP contribution in [0, 0.1) is 0 Å². The Morgan fingerprint density at radius 3 is 2.62 bits per heavy atom. The average Bonchev–Trinajstić information content (AvgIpc) is 2.28. The first-order chi connectivity index (χ1) is 7.66. The lowest BCUT2D eigenvalue weighted by atomic mass is 10.2. The number of pyridine rings is 1. The number of unbranched alkanes of at least 4 members (excludes halogenated alkanes) is 1. The van der Waals surface area contributed by atoms with Crippen LogP contribution in [0.5, 0.6) is 0 Å². The minimum absolute atomic E-state index is 0.238. The Kier molecular flexibility index (Phi) is 6.44. The highest BCUT2D eigenvalue weighted by molar-refractivity contribution is 6.47. The van der Waals surface area contributed by atoms with Gasteiger partial charge < -0.3 is 4.74 Å². The van der Waals surface area contributed by atoms with E-state index in [-0.39, 0.29) is 5.15 Å². The Hall–Kier alpha value is -0.0200. The summed E-state index contributed by atoms with van der Waals surface area (Å²) in [6, 6.07) is 0. The molecule has 1 heterocycles. The Balaban J connectivity index is 2.45. The van der Waals surface area contributed by atoms with Gasteiger partial charge >= 0.3 is 0 Å². The maximum Gasteiger partial charge on any atom is 0.149 e. The summed E-state index contributed by atoms with van der Waals surface area (Å²) in [5.41, 5.74) is 0.868. The van der Waals surface area contributed by atoms with Crippen LogP contribution >= 0.6 is 34.8 Å². The summed E-state index contributed by atoms with van der Waals surface area (Å²) >= 11 is 17.6. The molecule has 0 aromatic carbocycles. The van der Waals surface area contributed by atoms with Crippen LogP contribution in [-0.4, -0.2) is 18.2 Å². The smallest absolute Gasteiger partial charge is 0.149 e. The van der Waals surface area contributed by atoms with E-state index >= 15 is 0 Å². The number of nitrogens with zero attached hydrogens (tertiary/aromatic N) is 1. The van der Waals surface area contributed by atoms with Gasteiger partial charge in [-0.1, -0.05) is 48.1 Å². The molecule has 1 rings (SSSR count). The minimum atomic E-state index is 0.238. The number of hydrogen-bond donors (Lipinski definition) is 0. The molecule has 0 atom stereocenters. The van der Waals surface area contributed by atoms with Crippen LogP contribution in [-0.2, 0) is 11.2 Å². The van der Waals surface area contributed by atoms with Crippen molar-refractivity contribution in [3.05, 3.63) is 27.0 Å². The lowest BCUT2D eigenvalue weighted by molar-refractivity contribution is 0.134. The van der Waals surface area contributed by atoms with E-state index in [1.165, 1.54) is 0 Å². The largest absolute Gasteiger partial charge is 0.381 e. The summed E-state index contributed by atoms with van der Waals surface area (Å²) in [5, 5.41) is 1.03. The number of rotatable bonds is 6. The zero-order valence-corrected chi connectivity index (χ0v) is 11.4. The fraction of sp³-hybridized carbons (Fsp3) is 0.545. The van der Waals surface area contributed by atoms with E-state index in [4.69, 9.17) is 39.5 Å². The van der Waals surface area contributed by atoms with E-state index in [9.17, 15) is 0 Å². The van der Waals surface area contributed by atoms with Gasteiger partial charge in [-0.25, -0.2) is 4.98 Å². The molecule has 0 aliphatic carbocycles. The second-order valence-corrected chi connectivity index (χ2v) is 4.53. The molecule has 0 radical (unpaired) electrons. The van der Waals surface area contributed by atoms with Crippen molar-refractivity contribution in [2.45, 2.75) is 26.2 Å². The maximum absolute atomic E-state index is 6.03. The molecule has 5 heteroatoms. The van der Waals surface area contributed by atoms with Crippen molar-refractivity contribution in [2.24, 2.45) is 0 Å². The summed E-state index contributed by atoms with van der Waals surface area (Å²) in [7, 11) is 0. The molecule has 0 amide bonds. The quantitative estimate of drug-likeness (QED) is 0.570. The molecule has 0 aliphatic rings. The van der Waals surface area contributed by atoms with Crippen LogP contribution in [0.25, 0.3) is 0 Å². The Morgan fingerprint density at radius 2 is 1.94 bits per heavy atom. The molecule has 0 unspecified atom stereocenters. The average molecular weight is 283 g/mol. The van der Waals surface area contributed by atoms with Gasteiger partial charge in [0.1, 0.15) is 5.15 Å². The molecule has 0 bridgehead atoms. The molecular weight excluding hydrogens is 268 g/mol. The molecule has 0 saturated heterocycles. The van der Waals surface area contributed by atoms with E-state index in [1.54, 1.807) is 6.20 Å². The molecule has 0 fully saturated rings. The van der Waals surface area contributed by atoms with Crippen molar-refractivity contribution in [1.82, 2.24) is 4.98 Å². The lowest BCUT2D eigenvalue weighted by Gasteiger charge is -2.07. The number of ether oxygens (including phenoxy) is 1. The van der Waals surface area contributed by atoms with Gasteiger partial charge in [-0.05, 0) is 18.4 Å². The van der Waals surface area contributed by atoms with E-state index in [0.29, 0.717) is 23.1 Å². The van der Waals surface area contributed by atoms with Crippen molar-refractivity contribution in [1.29, 1.82) is 0 Å². The van der Waals surface area contributed by atoms with Crippen LogP contribution in [0.1, 0.15) is 25.3 Å².